The van der Waals surface area contributed by atoms with E-state index < -0.39 is 0 Å². The average Bonchev–Trinajstić information content (AvgIpc) is 2.68. The second-order valence-electron chi connectivity index (χ2n) is 4.15. The number of primary amides is 1. The average molecular weight is 254 g/mol. The zero-order valence-electron chi connectivity index (χ0n) is 11.2. The van der Waals surface area contributed by atoms with Crippen molar-refractivity contribution < 1.29 is 9.53 Å². The molecule has 0 aromatic carbocycles. The summed E-state index contributed by atoms with van der Waals surface area (Å²) in [4.78, 5) is 11.0. The van der Waals surface area contributed by atoms with Crippen LogP contribution in [0.1, 0.15) is 38.1 Å². The van der Waals surface area contributed by atoms with E-state index in [9.17, 15) is 4.79 Å². The van der Waals surface area contributed by atoms with Crippen LogP contribution in [0.3, 0.4) is 0 Å². The fourth-order valence-corrected chi connectivity index (χ4v) is 1.82. The van der Waals surface area contributed by atoms with E-state index in [0.29, 0.717) is 12.3 Å². The zero-order valence-corrected chi connectivity index (χ0v) is 11.2. The standard InChI is InChI=1S/C12H22N4O2/c1-3-6-11-10(9-12(13)17)14-15-16(11)7-5-8-18-4-2/h3-9H2,1-2H3,(H2,13,17). The van der Waals surface area contributed by atoms with E-state index in [2.05, 4.69) is 17.2 Å². The quantitative estimate of drug-likeness (QED) is 0.657. The van der Waals surface area contributed by atoms with E-state index in [1.165, 1.54) is 0 Å². The SMILES string of the molecule is CCCc1c(CC(N)=O)nnn1CCCOCC. The van der Waals surface area contributed by atoms with Crippen LogP contribution < -0.4 is 5.73 Å². The van der Waals surface area contributed by atoms with Crippen molar-refractivity contribution in [2.75, 3.05) is 13.2 Å². The second kappa shape index (κ2) is 7.81. The molecule has 0 bridgehead atoms. The Morgan fingerprint density at radius 3 is 2.83 bits per heavy atom. The topological polar surface area (TPSA) is 83.0 Å². The molecule has 18 heavy (non-hydrogen) atoms. The molecule has 2 N–H and O–H groups in total. The third-order valence-corrected chi connectivity index (χ3v) is 2.61. The summed E-state index contributed by atoms with van der Waals surface area (Å²) in [6.45, 7) is 6.27. The number of aryl methyl sites for hydroxylation is 1. The van der Waals surface area contributed by atoms with Crippen LogP contribution in [-0.2, 0) is 28.9 Å². The molecule has 1 aromatic heterocycles. The van der Waals surface area contributed by atoms with Crippen LogP contribution in [0.25, 0.3) is 0 Å². The fraction of sp³-hybridized carbons (Fsp3) is 0.750. The van der Waals surface area contributed by atoms with Gasteiger partial charge in [-0.05, 0) is 19.8 Å². The molecule has 1 rings (SSSR count). The number of nitrogens with zero attached hydrogens (tertiary/aromatic N) is 3. The highest BCUT2D eigenvalue weighted by Crippen LogP contribution is 2.10. The molecule has 0 saturated heterocycles. The van der Waals surface area contributed by atoms with Crippen LogP contribution in [-0.4, -0.2) is 34.1 Å². The van der Waals surface area contributed by atoms with Crippen molar-refractivity contribution in [2.45, 2.75) is 46.1 Å². The number of carbonyl (C=O) groups excluding carboxylic acids is 1. The number of ether oxygens (including phenoxy) is 1. The van der Waals surface area contributed by atoms with Gasteiger partial charge in [0.2, 0.25) is 5.91 Å². The van der Waals surface area contributed by atoms with Gasteiger partial charge in [0.15, 0.2) is 0 Å². The van der Waals surface area contributed by atoms with Crippen molar-refractivity contribution in [3.63, 3.8) is 0 Å². The smallest absolute Gasteiger partial charge is 0.223 e. The van der Waals surface area contributed by atoms with Crippen molar-refractivity contribution >= 4 is 5.91 Å². The minimum atomic E-state index is -0.367. The first-order valence-corrected chi connectivity index (χ1v) is 6.46. The summed E-state index contributed by atoms with van der Waals surface area (Å²) >= 11 is 0. The highest BCUT2D eigenvalue weighted by atomic mass is 16.5. The first kappa shape index (κ1) is 14.6. The summed E-state index contributed by atoms with van der Waals surface area (Å²) in [6.07, 6.45) is 2.92. The van der Waals surface area contributed by atoms with Gasteiger partial charge in [-0.2, -0.15) is 0 Å². The summed E-state index contributed by atoms with van der Waals surface area (Å²) in [5.41, 5.74) is 6.93. The maximum atomic E-state index is 11.0. The van der Waals surface area contributed by atoms with Crippen molar-refractivity contribution in [1.82, 2.24) is 15.0 Å². The maximum absolute atomic E-state index is 11.0. The third kappa shape index (κ3) is 4.44. The molecule has 6 nitrogen and oxygen atoms in total. The fourth-order valence-electron chi connectivity index (χ4n) is 1.82. The van der Waals surface area contributed by atoms with Gasteiger partial charge in [0.05, 0.1) is 17.8 Å². The number of hydrogen-bond acceptors (Lipinski definition) is 4. The lowest BCUT2D eigenvalue weighted by atomic mass is 10.1. The number of rotatable bonds is 9. The number of nitrogens with two attached hydrogens (primary N) is 1. The monoisotopic (exact) mass is 254 g/mol. The van der Waals surface area contributed by atoms with Crippen molar-refractivity contribution in [1.29, 1.82) is 0 Å². The van der Waals surface area contributed by atoms with Crippen LogP contribution in [0.5, 0.6) is 0 Å². The molecule has 0 aliphatic carbocycles. The molecular weight excluding hydrogens is 232 g/mol. The molecule has 0 radical (unpaired) electrons. The molecule has 0 aliphatic heterocycles. The number of amides is 1. The molecule has 1 amide bonds. The van der Waals surface area contributed by atoms with E-state index in [-0.39, 0.29) is 12.3 Å². The summed E-state index contributed by atoms with van der Waals surface area (Å²) in [5, 5.41) is 8.13. The predicted molar refractivity (Wildman–Crippen MR) is 68.0 cm³/mol. The number of hydrogen-bond donors (Lipinski definition) is 1. The van der Waals surface area contributed by atoms with Crippen molar-refractivity contribution in [3.05, 3.63) is 11.4 Å². The highest BCUT2D eigenvalue weighted by Gasteiger charge is 2.13. The summed E-state index contributed by atoms with van der Waals surface area (Å²) in [5.74, 6) is -0.367. The Hall–Kier alpha value is -1.43. The Kier molecular flexibility index (Phi) is 6.35. The van der Waals surface area contributed by atoms with Gasteiger partial charge in [-0.15, -0.1) is 5.10 Å². The van der Waals surface area contributed by atoms with Crippen LogP contribution in [0.15, 0.2) is 0 Å². The van der Waals surface area contributed by atoms with E-state index in [1.807, 2.05) is 11.6 Å². The van der Waals surface area contributed by atoms with Gasteiger partial charge in [-0.3, -0.25) is 4.79 Å². The normalized spacial score (nSPS) is 10.8. The van der Waals surface area contributed by atoms with Crippen LogP contribution >= 0.6 is 0 Å². The Morgan fingerprint density at radius 1 is 1.44 bits per heavy atom. The Morgan fingerprint density at radius 2 is 2.22 bits per heavy atom. The van der Waals surface area contributed by atoms with Gasteiger partial charge < -0.3 is 10.5 Å². The van der Waals surface area contributed by atoms with Crippen LogP contribution in [0.4, 0.5) is 0 Å². The zero-order chi connectivity index (χ0) is 13.4. The van der Waals surface area contributed by atoms with Gasteiger partial charge in [0.1, 0.15) is 0 Å². The van der Waals surface area contributed by atoms with Gasteiger partial charge in [-0.25, -0.2) is 4.68 Å². The summed E-state index contributed by atoms with van der Waals surface area (Å²) in [6, 6.07) is 0. The largest absolute Gasteiger partial charge is 0.382 e. The van der Waals surface area contributed by atoms with Crippen LogP contribution in [0.2, 0.25) is 0 Å². The summed E-state index contributed by atoms with van der Waals surface area (Å²) in [7, 11) is 0. The van der Waals surface area contributed by atoms with Gasteiger partial charge in [-0.1, -0.05) is 18.6 Å². The first-order chi connectivity index (χ1) is 8.69. The molecule has 1 heterocycles. The van der Waals surface area contributed by atoms with E-state index in [0.717, 1.165) is 38.1 Å². The molecule has 0 aliphatic rings. The Bertz CT molecular complexity index is 376. The van der Waals surface area contributed by atoms with Gasteiger partial charge >= 0.3 is 0 Å². The summed E-state index contributed by atoms with van der Waals surface area (Å²) < 4.78 is 7.15. The lowest BCUT2D eigenvalue weighted by molar-refractivity contribution is -0.117. The number of aromatic nitrogens is 3. The van der Waals surface area contributed by atoms with E-state index in [1.54, 1.807) is 0 Å². The minimum absolute atomic E-state index is 0.167. The lowest BCUT2D eigenvalue weighted by Crippen LogP contribution is -2.16. The minimum Gasteiger partial charge on any atom is -0.382 e. The van der Waals surface area contributed by atoms with E-state index in [4.69, 9.17) is 10.5 Å². The molecule has 0 spiro atoms. The molecular formula is C12H22N4O2. The van der Waals surface area contributed by atoms with Crippen LogP contribution in [0, 0.1) is 0 Å². The second-order valence-corrected chi connectivity index (χ2v) is 4.15. The molecule has 0 atom stereocenters. The molecule has 6 heteroatoms. The number of carbonyl (C=O) groups is 1. The maximum Gasteiger partial charge on any atom is 0.223 e. The third-order valence-electron chi connectivity index (χ3n) is 2.61. The van der Waals surface area contributed by atoms with Crippen molar-refractivity contribution in [2.24, 2.45) is 5.73 Å². The lowest BCUT2D eigenvalue weighted by Gasteiger charge is -2.06. The molecule has 1 aromatic rings. The molecule has 0 saturated carbocycles. The van der Waals surface area contributed by atoms with E-state index >= 15 is 0 Å². The van der Waals surface area contributed by atoms with Gasteiger partial charge in [0, 0.05) is 19.8 Å². The predicted octanol–water partition coefficient (Wildman–Crippen LogP) is 0.685. The Labute approximate surface area is 107 Å². The van der Waals surface area contributed by atoms with Crippen molar-refractivity contribution in [3.8, 4) is 0 Å². The van der Waals surface area contributed by atoms with Gasteiger partial charge in [0.25, 0.3) is 0 Å². The highest BCUT2D eigenvalue weighted by molar-refractivity contribution is 5.76. The first-order valence-electron chi connectivity index (χ1n) is 6.46. The molecule has 0 unspecified atom stereocenters. The molecule has 0 fully saturated rings. The Balaban J connectivity index is 2.65. The molecule has 102 valence electrons.